The lowest BCUT2D eigenvalue weighted by atomic mass is 10.1. The number of amides is 1. The van der Waals surface area contributed by atoms with Crippen molar-refractivity contribution in [1.82, 2.24) is 4.90 Å². The number of likely N-dealkylation sites (N-methyl/N-ethyl adjacent to an activating group) is 1. The maximum absolute atomic E-state index is 11.6. The van der Waals surface area contributed by atoms with Crippen LogP contribution < -0.4 is 0 Å². The molecular weight excluding hydrogens is 232 g/mol. The van der Waals surface area contributed by atoms with E-state index in [0.29, 0.717) is 0 Å². The number of nitrogens with zero attached hydrogens (tertiary/aromatic N) is 2. The van der Waals surface area contributed by atoms with Crippen LogP contribution in [0.3, 0.4) is 0 Å². The molecule has 0 heterocycles. The van der Waals surface area contributed by atoms with Gasteiger partial charge in [-0.1, -0.05) is 12.1 Å². The van der Waals surface area contributed by atoms with Crippen LogP contribution in [0.1, 0.15) is 5.56 Å². The maximum Gasteiger partial charge on any atom is 0.264 e. The van der Waals surface area contributed by atoms with Crippen LogP contribution in [0.25, 0.3) is 6.08 Å². The lowest BCUT2D eigenvalue weighted by Gasteiger charge is -2.08. The molecule has 0 N–H and O–H groups in total. The summed E-state index contributed by atoms with van der Waals surface area (Å²) in [6, 6.07) is 9.64. The van der Waals surface area contributed by atoms with E-state index in [1.807, 2.05) is 36.6 Å². The van der Waals surface area contributed by atoms with Gasteiger partial charge in [0.2, 0.25) is 0 Å². The fourth-order valence-corrected chi connectivity index (χ4v) is 1.66. The molecule has 0 radical (unpaired) electrons. The fourth-order valence-electron chi connectivity index (χ4n) is 1.25. The SMILES string of the molecule is CSc1ccc(/C=C(/C#N)C(=O)N(C)C)cc1. The van der Waals surface area contributed by atoms with Crippen molar-refractivity contribution in [3.05, 3.63) is 35.4 Å². The number of carbonyl (C=O) groups is 1. The Balaban J connectivity index is 2.99. The topological polar surface area (TPSA) is 44.1 Å². The smallest absolute Gasteiger partial charge is 0.264 e. The first-order valence-electron chi connectivity index (χ1n) is 5.06. The van der Waals surface area contributed by atoms with Gasteiger partial charge in [-0.2, -0.15) is 5.26 Å². The van der Waals surface area contributed by atoms with Crippen molar-refractivity contribution in [3.8, 4) is 6.07 Å². The molecule has 1 amide bonds. The Labute approximate surface area is 106 Å². The van der Waals surface area contributed by atoms with Crippen LogP contribution in [0.15, 0.2) is 34.7 Å². The molecule has 1 aromatic carbocycles. The minimum atomic E-state index is -0.276. The lowest BCUT2D eigenvalue weighted by molar-refractivity contribution is -0.124. The summed E-state index contributed by atoms with van der Waals surface area (Å²) < 4.78 is 0. The van der Waals surface area contributed by atoms with E-state index in [4.69, 9.17) is 5.26 Å². The first kappa shape index (κ1) is 13.3. The van der Waals surface area contributed by atoms with Crippen LogP contribution in [-0.2, 0) is 4.79 Å². The van der Waals surface area contributed by atoms with E-state index in [0.717, 1.165) is 10.5 Å². The zero-order valence-corrected chi connectivity index (χ0v) is 10.9. The van der Waals surface area contributed by atoms with Gasteiger partial charge in [0.1, 0.15) is 11.6 Å². The number of thioether (sulfide) groups is 1. The molecule has 0 aliphatic heterocycles. The van der Waals surface area contributed by atoms with Crippen molar-refractivity contribution in [2.24, 2.45) is 0 Å². The van der Waals surface area contributed by atoms with Gasteiger partial charge in [0.25, 0.3) is 5.91 Å². The second kappa shape index (κ2) is 6.12. The fraction of sp³-hybridized carbons (Fsp3) is 0.231. The number of carbonyl (C=O) groups excluding carboxylic acids is 1. The Bertz CT molecular complexity index is 469. The monoisotopic (exact) mass is 246 g/mol. The first-order chi connectivity index (χ1) is 8.08. The highest BCUT2D eigenvalue weighted by atomic mass is 32.2. The predicted octanol–water partition coefficient (Wildman–Crippen LogP) is 2.40. The summed E-state index contributed by atoms with van der Waals surface area (Å²) in [6.07, 6.45) is 3.60. The predicted molar refractivity (Wildman–Crippen MR) is 70.5 cm³/mol. The van der Waals surface area contributed by atoms with E-state index in [1.165, 1.54) is 4.90 Å². The first-order valence-corrected chi connectivity index (χ1v) is 6.28. The van der Waals surface area contributed by atoms with Gasteiger partial charge in [-0.3, -0.25) is 4.79 Å². The summed E-state index contributed by atoms with van der Waals surface area (Å²) >= 11 is 1.65. The summed E-state index contributed by atoms with van der Waals surface area (Å²) in [7, 11) is 3.26. The maximum atomic E-state index is 11.6. The third kappa shape index (κ3) is 3.65. The molecule has 0 saturated carbocycles. The molecule has 0 aliphatic rings. The summed E-state index contributed by atoms with van der Waals surface area (Å²) in [5, 5.41) is 8.94. The summed E-state index contributed by atoms with van der Waals surface area (Å²) in [4.78, 5) is 14.2. The number of nitriles is 1. The minimum Gasteiger partial charge on any atom is -0.344 e. The molecule has 0 unspecified atom stereocenters. The van der Waals surface area contributed by atoms with E-state index in [2.05, 4.69) is 0 Å². The molecule has 1 rings (SSSR count). The Morgan fingerprint density at radius 2 is 1.94 bits per heavy atom. The van der Waals surface area contributed by atoms with Crippen LogP contribution in [0, 0.1) is 11.3 Å². The van der Waals surface area contributed by atoms with Crippen LogP contribution in [0.2, 0.25) is 0 Å². The van der Waals surface area contributed by atoms with Gasteiger partial charge >= 0.3 is 0 Å². The van der Waals surface area contributed by atoms with Crippen molar-refractivity contribution < 1.29 is 4.79 Å². The number of hydrogen-bond acceptors (Lipinski definition) is 3. The standard InChI is InChI=1S/C13H14N2OS/c1-15(2)13(16)11(9-14)8-10-4-6-12(17-3)7-5-10/h4-8H,1-3H3/b11-8-. The normalized spacial score (nSPS) is 10.8. The highest BCUT2D eigenvalue weighted by molar-refractivity contribution is 7.98. The van der Waals surface area contributed by atoms with Crippen molar-refractivity contribution in [2.75, 3.05) is 20.4 Å². The van der Waals surface area contributed by atoms with Crippen molar-refractivity contribution in [1.29, 1.82) is 5.26 Å². The quantitative estimate of drug-likeness (QED) is 0.467. The average Bonchev–Trinajstić information content (AvgIpc) is 2.35. The van der Waals surface area contributed by atoms with Gasteiger partial charge < -0.3 is 4.90 Å². The summed E-state index contributed by atoms with van der Waals surface area (Å²) in [5.74, 6) is -0.276. The Morgan fingerprint density at radius 1 is 1.35 bits per heavy atom. The zero-order valence-electron chi connectivity index (χ0n) is 10.1. The molecule has 0 spiro atoms. The largest absolute Gasteiger partial charge is 0.344 e. The summed E-state index contributed by atoms with van der Waals surface area (Å²) in [5.41, 5.74) is 1.00. The molecule has 0 saturated heterocycles. The van der Waals surface area contributed by atoms with Gasteiger partial charge in [0, 0.05) is 19.0 Å². The van der Waals surface area contributed by atoms with Gasteiger partial charge in [0.05, 0.1) is 0 Å². The number of hydrogen-bond donors (Lipinski definition) is 0. The highest BCUT2D eigenvalue weighted by Crippen LogP contribution is 2.16. The lowest BCUT2D eigenvalue weighted by Crippen LogP contribution is -2.22. The highest BCUT2D eigenvalue weighted by Gasteiger charge is 2.10. The third-order valence-electron chi connectivity index (χ3n) is 2.18. The Hall–Kier alpha value is -1.73. The van der Waals surface area contributed by atoms with E-state index in [9.17, 15) is 4.79 Å². The van der Waals surface area contributed by atoms with Gasteiger partial charge in [-0.25, -0.2) is 0 Å². The molecule has 3 nitrogen and oxygen atoms in total. The van der Waals surface area contributed by atoms with Crippen molar-refractivity contribution >= 4 is 23.7 Å². The molecule has 88 valence electrons. The molecule has 0 atom stereocenters. The molecule has 1 aromatic rings. The van der Waals surface area contributed by atoms with Crippen molar-refractivity contribution in [3.63, 3.8) is 0 Å². The average molecular weight is 246 g/mol. The van der Waals surface area contributed by atoms with E-state index < -0.39 is 0 Å². The second-order valence-corrected chi connectivity index (χ2v) is 4.52. The van der Waals surface area contributed by atoms with Crippen LogP contribution >= 0.6 is 11.8 Å². The number of benzene rings is 1. The van der Waals surface area contributed by atoms with Crippen LogP contribution in [0.4, 0.5) is 0 Å². The van der Waals surface area contributed by atoms with Gasteiger partial charge in [0.15, 0.2) is 0 Å². The van der Waals surface area contributed by atoms with E-state index in [1.54, 1.807) is 31.9 Å². The van der Waals surface area contributed by atoms with Gasteiger partial charge in [-0.05, 0) is 30.0 Å². The number of rotatable bonds is 3. The van der Waals surface area contributed by atoms with Gasteiger partial charge in [-0.15, -0.1) is 11.8 Å². The molecular formula is C13H14N2OS. The van der Waals surface area contributed by atoms with E-state index in [-0.39, 0.29) is 11.5 Å². The molecule has 0 aromatic heterocycles. The van der Waals surface area contributed by atoms with Crippen molar-refractivity contribution in [2.45, 2.75) is 4.90 Å². The Morgan fingerprint density at radius 3 is 2.35 bits per heavy atom. The molecule has 0 bridgehead atoms. The summed E-state index contributed by atoms with van der Waals surface area (Å²) in [6.45, 7) is 0. The molecule has 0 aliphatic carbocycles. The van der Waals surface area contributed by atoms with Crippen LogP contribution in [-0.4, -0.2) is 31.2 Å². The third-order valence-corrected chi connectivity index (χ3v) is 2.93. The molecule has 17 heavy (non-hydrogen) atoms. The second-order valence-electron chi connectivity index (χ2n) is 3.64. The zero-order chi connectivity index (χ0) is 12.8. The molecule has 4 heteroatoms. The van der Waals surface area contributed by atoms with Crippen LogP contribution in [0.5, 0.6) is 0 Å². The molecule has 0 fully saturated rings. The Kier molecular flexibility index (Phi) is 4.80. The van der Waals surface area contributed by atoms with E-state index >= 15 is 0 Å². The minimum absolute atomic E-state index is 0.145.